The number of hydrogen-bond acceptors (Lipinski definition) is 2. The Hall–Kier alpha value is -0.760. The van der Waals surface area contributed by atoms with Gasteiger partial charge in [-0.25, -0.2) is 4.98 Å². The standard InChI is InChI=1S/C13H21ClN2/c1-9(2)11(10(3)4)8-16-13-12(14)6-5-7-15-13/h5-7,9-11H,8H2,1-4H3,(H,15,16). The Morgan fingerprint density at radius 1 is 1.25 bits per heavy atom. The molecule has 0 atom stereocenters. The zero-order valence-electron chi connectivity index (χ0n) is 10.5. The van der Waals surface area contributed by atoms with Gasteiger partial charge in [0.05, 0.1) is 5.02 Å². The fraction of sp³-hybridized carbons (Fsp3) is 0.615. The molecule has 1 rings (SSSR count). The van der Waals surface area contributed by atoms with Gasteiger partial charge in [-0.3, -0.25) is 0 Å². The molecular formula is C13H21ClN2. The first-order chi connectivity index (χ1) is 7.52. The molecule has 1 aromatic rings. The van der Waals surface area contributed by atoms with Crippen LogP contribution >= 0.6 is 11.6 Å². The van der Waals surface area contributed by atoms with Crippen LogP contribution in [0.2, 0.25) is 5.02 Å². The molecule has 0 aromatic carbocycles. The van der Waals surface area contributed by atoms with Crippen LogP contribution in [0.3, 0.4) is 0 Å². The average molecular weight is 241 g/mol. The van der Waals surface area contributed by atoms with E-state index in [0.717, 1.165) is 12.4 Å². The van der Waals surface area contributed by atoms with Crippen LogP contribution in [0, 0.1) is 17.8 Å². The van der Waals surface area contributed by atoms with Crippen LogP contribution in [0.25, 0.3) is 0 Å². The molecule has 0 radical (unpaired) electrons. The molecule has 0 aliphatic rings. The smallest absolute Gasteiger partial charge is 0.144 e. The molecule has 0 saturated carbocycles. The molecule has 0 bridgehead atoms. The molecule has 0 unspecified atom stereocenters. The van der Waals surface area contributed by atoms with Crippen molar-refractivity contribution in [3.8, 4) is 0 Å². The Morgan fingerprint density at radius 2 is 1.88 bits per heavy atom. The highest BCUT2D eigenvalue weighted by Gasteiger charge is 2.17. The van der Waals surface area contributed by atoms with Crippen LogP contribution in [0.5, 0.6) is 0 Å². The summed E-state index contributed by atoms with van der Waals surface area (Å²) in [5.41, 5.74) is 0. The summed E-state index contributed by atoms with van der Waals surface area (Å²) in [6, 6.07) is 3.70. The first-order valence-electron chi connectivity index (χ1n) is 5.86. The zero-order valence-corrected chi connectivity index (χ0v) is 11.3. The Kier molecular flexibility index (Phi) is 5.07. The van der Waals surface area contributed by atoms with Gasteiger partial charge in [-0.2, -0.15) is 0 Å². The first kappa shape index (κ1) is 13.3. The van der Waals surface area contributed by atoms with Crippen LogP contribution < -0.4 is 5.32 Å². The minimum atomic E-state index is 0.637. The van der Waals surface area contributed by atoms with Gasteiger partial charge in [0.2, 0.25) is 0 Å². The number of halogens is 1. The topological polar surface area (TPSA) is 24.9 Å². The molecule has 0 saturated heterocycles. The molecule has 3 heteroatoms. The Labute approximate surface area is 103 Å². The quantitative estimate of drug-likeness (QED) is 0.839. The fourth-order valence-electron chi connectivity index (χ4n) is 1.97. The number of nitrogens with one attached hydrogen (secondary N) is 1. The lowest BCUT2D eigenvalue weighted by molar-refractivity contribution is 0.304. The van der Waals surface area contributed by atoms with Crippen molar-refractivity contribution in [1.82, 2.24) is 4.98 Å². The van der Waals surface area contributed by atoms with Gasteiger partial charge in [0.1, 0.15) is 5.82 Å². The van der Waals surface area contributed by atoms with Gasteiger partial charge in [0.15, 0.2) is 0 Å². The van der Waals surface area contributed by atoms with Crippen LogP contribution in [0.4, 0.5) is 5.82 Å². The van der Waals surface area contributed by atoms with E-state index in [2.05, 4.69) is 38.0 Å². The number of hydrogen-bond donors (Lipinski definition) is 1. The Balaban J connectivity index is 2.59. The summed E-state index contributed by atoms with van der Waals surface area (Å²) in [6.45, 7) is 9.95. The van der Waals surface area contributed by atoms with E-state index in [9.17, 15) is 0 Å². The number of rotatable bonds is 5. The van der Waals surface area contributed by atoms with E-state index >= 15 is 0 Å². The largest absolute Gasteiger partial charge is 0.369 e. The third-order valence-electron chi connectivity index (χ3n) is 2.98. The van der Waals surface area contributed by atoms with Gasteiger partial charge in [0.25, 0.3) is 0 Å². The number of aromatic nitrogens is 1. The van der Waals surface area contributed by atoms with Crippen molar-refractivity contribution < 1.29 is 0 Å². The Morgan fingerprint density at radius 3 is 2.38 bits per heavy atom. The fourth-order valence-corrected chi connectivity index (χ4v) is 2.16. The second kappa shape index (κ2) is 6.09. The van der Waals surface area contributed by atoms with Gasteiger partial charge in [-0.05, 0) is 29.9 Å². The van der Waals surface area contributed by atoms with Gasteiger partial charge < -0.3 is 5.32 Å². The van der Waals surface area contributed by atoms with Crippen molar-refractivity contribution in [2.75, 3.05) is 11.9 Å². The molecule has 16 heavy (non-hydrogen) atoms. The highest BCUT2D eigenvalue weighted by atomic mass is 35.5. The van der Waals surface area contributed by atoms with E-state index in [-0.39, 0.29) is 0 Å². The summed E-state index contributed by atoms with van der Waals surface area (Å²) in [7, 11) is 0. The van der Waals surface area contributed by atoms with Crippen molar-refractivity contribution in [2.45, 2.75) is 27.7 Å². The molecule has 0 spiro atoms. The maximum atomic E-state index is 6.04. The minimum Gasteiger partial charge on any atom is -0.369 e. The molecule has 1 N–H and O–H groups in total. The van der Waals surface area contributed by atoms with Crippen molar-refractivity contribution >= 4 is 17.4 Å². The molecule has 0 aliphatic heterocycles. The maximum absolute atomic E-state index is 6.04. The lowest BCUT2D eigenvalue weighted by atomic mass is 9.85. The van der Waals surface area contributed by atoms with Crippen LogP contribution in [0.15, 0.2) is 18.3 Å². The second-order valence-electron chi connectivity index (χ2n) is 4.87. The van der Waals surface area contributed by atoms with E-state index < -0.39 is 0 Å². The van der Waals surface area contributed by atoms with Gasteiger partial charge in [-0.15, -0.1) is 0 Å². The van der Waals surface area contributed by atoms with Gasteiger partial charge >= 0.3 is 0 Å². The van der Waals surface area contributed by atoms with Crippen molar-refractivity contribution in [2.24, 2.45) is 17.8 Å². The lowest BCUT2D eigenvalue weighted by Gasteiger charge is -2.25. The summed E-state index contributed by atoms with van der Waals surface area (Å²) in [6.07, 6.45) is 1.76. The zero-order chi connectivity index (χ0) is 12.1. The van der Waals surface area contributed by atoms with Crippen LogP contribution in [-0.2, 0) is 0 Å². The summed E-state index contributed by atoms with van der Waals surface area (Å²) in [4.78, 5) is 4.23. The minimum absolute atomic E-state index is 0.637. The van der Waals surface area contributed by atoms with Crippen molar-refractivity contribution in [3.63, 3.8) is 0 Å². The molecule has 1 heterocycles. The first-order valence-corrected chi connectivity index (χ1v) is 6.24. The third-order valence-corrected chi connectivity index (χ3v) is 3.28. The lowest BCUT2D eigenvalue weighted by Crippen LogP contribution is -2.24. The van der Waals surface area contributed by atoms with Gasteiger partial charge in [-0.1, -0.05) is 39.3 Å². The summed E-state index contributed by atoms with van der Waals surface area (Å²) in [5, 5.41) is 4.02. The highest BCUT2D eigenvalue weighted by Crippen LogP contribution is 2.23. The molecule has 0 aliphatic carbocycles. The monoisotopic (exact) mass is 240 g/mol. The normalized spacial score (nSPS) is 11.5. The molecule has 0 amide bonds. The van der Waals surface area contributed by atoms with Crippen molar-refractivity contribution in [1.29, 1.82) is 0 Å². The number of anilines is 1. The third kappa shape index (κ3) is 3.67. The van der Waals surface area contributed by atoms with E-state index in [4.69, 9.17) is 11.6 Å². The van der Waals surface area contributed by atoms with E-state index in [0.29, 0.717) is 22.8 Å². The molecular weight excluding hydrogens is 220 g/mol. The van der Waals surface area contributed by atoms with E-state index in [1.54, 1.807) is 6.20 Å². The number of pyridine rings is 1. The summed E-state index contributed by atoms with van der Waals surface area (Å²) >= 11 is 6.04. The number of nitrogens with zero attached hydrogens (tertiary/aromatic N) is 1. The molecule has 90 valence electrons. The predicted octanol–water partition coefficient (Wildman–Crippen LogP) is 4.08. The van der Waals surface area contributed by atoms with Crippen molar-refractivity contribution in [3.05, 3.63) is 23.4 Å². The van der Waals surface area contributed by atoms with Crippen LogP contribution in [-0.4, -0.2) is 11.5 Å². The van der Waals surface area contributed by atoms with E-state index in [1.807, 2.05) is 12.1 Å². The average Bonchev–Trinajstić information content (AvgIpc) is 2.20. The second-order valence-corrected chi connectivity index (χ2v) is 5.27. The molecule has 1 aromatic heterocycles. The molecule has 0 fully saturated rings. The SMILES string of the molecule is CC(C)C(CNc1ncccc1Cl)C(C)C. The highest BCUT2D eigenvalue weighted by molar-refractivity contribution is 6.32. The summed E-state index contributed by atoms with van der Waals surface area (Å²) in [5.74, 6) is 2.75. The van der Waals surface area contributed by atoms with E-state index in [1.165, 1.54) is 0 Å². The van der Waals surface area contributed by atoms with Gasteiger partial charge in [0, 0.05) is 12.7 Å². The predicted molar refractivity (Wildman–Crippen MR) is 70.9 cm³/mol. The Bertz CT molecular complexity index is 315. The molecule has 2 nitrogen and oxygen atoms in total. The maximum Gasteiger partial charge on any atom is 0.144 e. The summed E-state index contributed by atoms with van der Waals surface area (Å²) < 4.78 is 0. The van der Waals surface area contributed by atoms with Crippen LogP contribution in [0.1, 0.15) is 27.7 Å².